The summed E-state index contributed by atoms with van der Waals surface area (Å²) in [7, 11) is 0. The first-order valence-corrected chi connectivity index (χ1v) is 7.73. The number of aromatic nitrogens is 2. The Morgan fingerprint density at radius 3 is 3.04 bits per heavy atom. The molecule has 1 aromatic heterocycles. The minimum atomic E-state index is -0.614. The Hall–Kier alpha value is -2.12. The van der Waals surface area contributed by atoms with E-state index < -0.39 is 6.10 Å². The molecular formula is C16H21FN4O2. The highest BCUT2D eigenvalue weighted by Crippen LogP contribution is 2.15. The van der Waals surface area contributed by atoms with Gasteiger partial charge in [0.1, 0.15) is 30.1 Å². The van der Waals surface area contributed by atoms with Crippen molar-refractivity contribution in [3.8, 4) is 5.75 Å². The first kappa shape index (κ1) is 15.8. The predicted octanol–water partition coefficient (Wildman–Crippen LogP) is 1.09. The SMILES string of the molecule is O[C@@H](CNC[C@H]1CNc2ccnn2C1)COc1ccc(F)cc1. The van der Waals surface area contributed by atoms with E-state index in [0.29, 0.717) is 18.2 Å². The number of hydrogen-bond donors (Lipinski definition) is 3. The van der Waals surface area contributed by atoms with Gasteiger partial charge in [-0.1, -0.05) is 0 Å². The summed E-state index contributed by atoms with van der Waals surface area (Å²) in [5, 5.41) is 20.8. The molecule has 2 heterocycles. The van der Waals surface area contributed by atoms with Crippen molar-refractivity contribution < 1.29 is 14.2 Å². The molecule has 0 saturated heterocycles. The zero-order valence-electron chi connectivity index (χ0n) is 12.8. The number of fused-ring (bicyclic) bond motifs is 1. The van der Waals surface area contributed by atoms with Gasteiger partial charge >= 0.3 is 0 Å². The smallest absolute Gasteiger partial charge is 0.124 e. The van der Waals surface area contributed by atoms with Gasteiger partial charge in [-0.3, -0.25) is 0 Å². The fourth-order valence-corrected chi connectivity index (χ4v) is 2.56. The number of hydrogen-bond acceptors (Lipinski definition) is 5. The van der Waals surface area contributed by atoms with Crippen molar-refractivity contribution in [1.29, 1.82) is 0 Å². The van der Waals surface area contributed by atoms with Crippen LogP contribution in [0.25, 0.3) is 0 Å². The molecule has 2 aromatic rings. The summed E-state index contributed by atoms with van der Waals surface area (Å²) in [4.78, 5) is 0. The van der Waals surface area contributed by atoms with Gasteiger partial charge in [-0.05, 0) is 24.3 Å². The minimum Gasteiger partial charge on any atom is -0.491 e. The van der Waals surface area contributed by atoms with Gasteiger partial charge < -0.3 is 20.5 Å². The third-order valence-electron chi connectivity index (χ3n) is 3.79. The highest BCUT2D eigenvalue weighted by molar-refractivity contribution is 5.35. The highest BCUT2D eigenvalue weighted by atomic mass is 19.1. The van der Waals surface area contributed by atoms with Gasteiger partial charge in [0, 0.05) is 38.2 Å². The Kier molecular flexibility index (Phi) is 5.09. The Bertz CT molecular complexity index is 617. The minimum absolute atomic E-state index is 0.171. The van der Waals surface area contributed by atoms with Gasteiger partial charge in [0.2, 0.25) is 0 Å². The Morgan fingerprint density at radius 2 is 2.22 bits per heavy atom. The molecule has 0 bridgehead atoms. The molecule has 7 heteroatoms. The lowest BCUT2D eigenvalue weighted by atomic mass is 10.1. The average Bonchev–Trinajstić information content (AvgIpc) is 3.02. The zero-order valence-corrected chi connectivity index (χ0v) is 12.8. The van der Waals surface area contributed by atoms with Gasteiger partial charge in [0.25, 0.3) is 0 Å². The lowest BCUT2D eigenvalue weighted by Crippen LogP contribution is -2.39. The lowest BCUT2D eigenvalue weighted by Gasteiger charge is -2.25. The van der Waals surface area contributed by atoms with Crippen LogP contribution in [0.4, 0.5) is 10.2 Å². The third-order valence-corrected chi connectivity index (χ3v) is 3.79. The number of nitrogens with one attached hydrogen (secondary N) is 2. The van der Waals surface area contributed by atoms with Gasteiger partial charge in [-0.15, -0.1) is 0 Å². The average molecular weight is 320 g/mol. The van der Waals surface area contributed by atoms with Crippen LogP contribution in [0.15, 0.2) is 36.5 Å². The summed E-state index contributed by atoms with van der Waals surface area (Å²) in [5.74, 6) is 1.72. The molecule has 1 aliphatic heterocycles. The number of halogens is 1. The van der Waals surface area contributed by atoms with E-state index in [9.17, 15) is 9.50 Å². The van der Waals surface area contributed by atoms with Crippen LogP contribution in [-0.4, -0.2) is 47.2 Å². The topological polar surface area (TPSA) is 71.3 Å². The van der Waals surface area contributed by atoms with Gasteiger partial charge in [-0.25, -0.2) is 9.07 Å². The van der Waals surface area contributed by atoms with Crippen LogP contribution in [-0.2, 0) is 6.54 Å². The van der Waals surface area contributed by atoms with Crippen molar-refractivity contribution in [1.82, 2.24) is 15.1 Å². The molecule has 0 saturated carbocycles. The van der Waals surface area contributed by atoms with Crippen LogP contribution >= 0.6 is 0 Å². The van der Waals surface area contributed by atoms with Crippen LogP contribution < -0.4 is 15.4 Å². The van der Waals surface area contributed by atoms with Crippen molar-refractivity contribution >= 4 is 5.82 Å². The van der Waals surface area contributed by atoms with Crippen molar-refractivity contribution in [2.75, 3.05) is 31.6 Å². The summed E-state index contributed by atoms with van der Waals surface area (Å²) in [6, 6.07) is 7.72. The predicted molar refractivity (Wildman–Crippen MR) is 85.0 cm³/mol. The number of rotatable bonds is 7. The van der Waals surface area contributed by atoms with Crippen molar-refractivity contribution in [2.45, 2.75) is 12.6 Å². The van der Waals surface area contributed by atoms with E-state index in [-0.39, 0.29) is 12.4 Å². The Morgan fingerprint density at radius 1 is 1.39 bits per heavy atom. The van der Waals surface area contributed by atoms with Gasteiger partial charge in [0.05, 0.1) is 6.20 Å². The molecule has 1 aromatic carbocycles. The van der Waals surface area contributed by atoms with Crippen LogP contribution in [0.2, 0.25) is 0 Å². The number of ether oxygens (including phenoxy) is 1. The Labute approximate surface area is 134 Å². The molecule has 1 aliphatic rings. The van der Waals surface area contributed by atoms with Crippen LogP contribution in [0.5, 0.6) is 5.75 Å². The number of aliphatic hydroxyl groups is 1. The Balaban J connectivity index is 1.33. The van der Waals surface area contributed by atoms with E-state index in [4.69, 9.17) is 4.74 Å². The largest absolute Gasteiger partial charge is 0.491 e. The molecule has 0 radical (unpaired) electrons. The summed E-state index contributed by atoms with van der Waals surface area (Å²) in [5.41, 5.74) is 0. The molecular weight excluding hydrogens is 299 g/mol. The first-order valence-electron chi connectivity index (χ1n) is 7.73. The molecule has 3 rings (SSSR count). The first-order chi connectivity index (χ1) is 11.2. The maximum absolute atomic E-state index is 12.8. The number of benzene rings is 1. The quantitative estimate of drug-likeness (QED) is 0.712. The fraction of sp³-hybridized carbons (Fsp3) is 0.438. The number of aliphatic hydroxyl groups excluding tert-OH is 1. The molecule has 23 heavy (non-hydrogen) atoms. The number of nitrogens with zero attached hydrogens (tertiary/aromatic N) is 2. The van der Waals surface area contributed by atoms with Gasteiger partial charge in [-0.2, -0.15) is 5.10 Å². The van der Waals surface area contributed by atoms with Gasteiger partial charge in [0.15, 0.2) is 0 Å². The third kappa shape index (κ3) is 4.43. The molecule has 0 fully saturated rings. The number of anilines is 1. The fourth-order valence-electron chi connectivity index (χ4n) is 2.56. The molecule has 2 atom stereocenters. The van der Waals surface area contributed by atoms with E-state index in [0.717, 1.165) is 25.5 Å². The van der Waals surface area contributed by atoms with E-state index >= 15 is 0 Å². The lowest BCUT2D eigenvalue weighted by molar-refractivity contribution is 0.105. The van der Waals surface area contributed by atoms with Crippen molar-refractivity contribution in [2.24, 2.45) is 5.92 Å². The normalized spacial score (nSPS) is 18.1. The molecule has 0 amide bonds. The van der Waals surface area contributed by atoms with Crippen LogP contribution in [0.3, 0.4) is 0 Å². The molecule has 0 aliphatic carbocycles. The molecule has 0 unspecified atom stereocenters. The summed E-state index contributed by atoms with van der Waals surface area (Å²) in [6.45, 7) is 3.17. The van der Waals surface area contributed by atoms with Crippen LogP contribution in [0, 0.1) is 11.7 Å². The molecule has 6 nitrogen and oxygen atoms in total. The molecule has 124 valence electrons. The van der Waals surface area contributed by atoms with Crippen molar-refractivity contribution in [3.63, 3.8) is 0 Å². The zero-order chi connectivity index (χ0) is 16.1. The van der Waals surface area contributed by atoms with Crippen LogP contribution in [0.1, 0.15) is 0 Å². The summed E-state index contributed by atoms with van der Waals surface area (Å²) in [6.07, 6.45) is 1.17. The van der Waals surface area contributed by atoms with E-state index in [1.165, 1.54) is 12.1 Å². The second kappa shape index (κ2) is 7.43. The highest BCUT2D eigenvalue weighted by Gasteiger charge is 2.18. The standard InChI is InChI=1S/C16H21FN4O2/c17-13-1-3-15(4-2-13)23-11-14(22)9-18-7-12-8-19-16-5-6-20-21(16)10-12/h1-6,12,14,18-19,22H,7-11H2/t12-,14-/m0/s1. The monoisotopic (exact) mass is 320 g/mol. The summed E-state index contributed by atoms with van der Waals surface area (Å²) < 4.78 is 20.1. The van der Waals surface area contributed by atoms with E-state index in [1.54, 1.807) is 18.3 Å². The maximum Gasteiger partial charge on any atom is 0.124 e. The second-order valence-electron chi connectivity index (χ2n) is 5.72. The maximum atomic E-state index is 12.8. The van der Waals surface area contributed by atoms with Crippen molar-refractivity contribution in [3.05, 3.63) is 42.3 Å². The molecule has 3 N–H and O–H groups in total. The van der Waals surface area contributed by atoms with E-state index in [2.05, 4.69) is 15.7 Å². The summed E-state index contributed by atoms with van der Waals surface area (Å²) >= 11 is 0. The molecule has 0 spiro atoms. The second-order valence-corrected chi connectivity index (χ2v) is 5.72. The van der Waals surface area contributed by atoms with E-state index in [1.807, 2.05) is 10.7 Å².